The van der Waals surface area contributed by atoms with Gasteiger partial charge in [-0.15, -0.1) is 0 Å². The second kappa shape index (κ2) is 7.45. The number of carbonyl (C=O) groups excluding carboxylic acids is 1. The predicted molar refractivity (Wildman–Crippen MR) is 113 cm³/mol. The van der Waals surface area contributed by atoms with E-state index in [0.29, 0.717) is 29.4 Å². The summed E-state index contributed by atoms with van der Waals surface area (Å²) >= 11 is 0. The van der Waals surface area contributed by atoms with Crippen molar-refractivity contribution in [3.05, 3.63) is 41.7 Å². The third-order valence-corrected chi connectivity index (χ3v) is 5.87. The van der Waals surface area contributed by atoms with Crippen LogP contribution in [0.3, 0.4) is 0 Å². The summed E-state index contributed by atoms with van der Waals surface area (Å²) in [5.74, 6) is -0.203. The topological polar surface area (TPSA) is 96.7 Å². The maximum Gasteiger partial charge on any atom is 0.262 e. The molecule has 5 heterocycles. The maximum atomic E-state index is 14.3. The number of amides is 1. The quantitative estimate of drug-likeness (QED) is 0.646. The highest BCUT2D eigenvalue weighted by molar-refractivity contribution is 6.05. The number of halogens is 1. The first kappa shape index (κ1) is 19.7. The minimum absolute atomic E-state index is 0.201. The summed E-state index contributed by atoms with van der Waals surface area (Å²) in [6.07, 6.45) is 5.88. The van der Waals surface area contributed by atoms with Crippen LogP contribution in [0, 0.1) is 18.2 Å². The molecule has 2 fully saturated rings. The largest absolute Gasteiger partial charge is 0.477 e. The van der Waals surface area contributed by atoms with Crippen molar-refractivity contribution in [1.82, 2.24) is 24.7 Å². The van der Waals surface area contributed by atoms with E-state index in [1.54, 1.807) is 23.7 Å². The molecule has 0 atom stereocenters. The van der Waals surface area contributed by atoms with Gasteiger partial charge in [0.15, 0.2) is 11.5 Å². The zero-order valence-corrected chi connectivity index (χ0v) is 17.5. The number of hydrogen-bond acceptors (Lipinski definition) is 7. The van der Waals surface area contributed by atoms with Crippen molar-refractivity contribution in [1.29, 1.82) is 0 Å². The third kappa shape index (κ3) is 3.56. The fourth-order valence-corrected chi connectivity index (χ4v) is 4.23. The van der Waals surface area contributed by atoms with Crippen LogP contribution in [0.4, 0.5) is 16.0 Å². The fraction of sp³-hybridized carbons (Fsp3) is 0.429. The molecule has 0 aliphatic carbocycles. The Morgan fingerprint density at radius 1 is 1.35 bits per heavy atom. The number of rotatable bonds is 5. The van der Waals surface area contributed by atoms with E-state index < -0.39 is 11.7 Å². The normalized spacial score (nSPS) is 17.2. The number of carbonyl (C=O) groups is 1. The van der Waals surface area contributed by atoms with Crippen LogP contribution in [0.15, 0.2) is 24.7 Å². The van der Waals surface area contributed by atoms with Gasteiger partial charge in [0.2, 0.25) is 11.8 Å². The molecule has 1 amide bonds. The van der Waals surface area contributed by atoms with Crippen LogP contribution in [0.1, 0.15) is 29.4 Å². The summed E-state index contributed by atoms with van der Waals surface area (Å²) in [6.45, 7) is 7.77. The van der Waals surface area contributed by atoms with E-state index in [9.17, 15) is 9.18 Å². The molecule has 5 rings (SSSR count). The summed E-state index contributed by atoms with van der Waals surface area (Å²) < 4.78 is 21.5. The lowest BCUT2D eigenvalue weighted by atomic mass is 9.81. The Hall–Kier alpha value is -3.27. The number of imidazole rings is 1. The molecule has 0 aromatic carbocycles. The zero-order chi connectivity index (χ0) is 21.6. The summed E-state index contributed by atoms with van der Waals surface area (Å²) in [7, 11) is 0. The number of aromatic nitrogens is 4. The van der Waals surface area contributed by atoms with Gasteiger partial charge in [0, 0.05) is 56.3 Å². The molecule has 3 aromatic rings. The molecule has 162 valence electrons. The van der Waals surface area contributed by atoms with Crippen LogP contribution >= 0.6 is 0 Å². The maximum absolute atomic E-state index is 14.3. The molecule has 0 bridgehead atoms. The second-order valence-corrected chi connectivity index (χ2v) is 8.24. The van der Waals surface area contributed by atoms with Crippen molar-refractivity contribution in [2.24, 2.45) is 5.41 Å². The van der Waals surface area contributed by atoms with E-state index in [4.69, 9.17) is 4.74 Å². The molecule has 1 spiro atoms. The van der Waals surface area contributed by atoms with Crippen molar-refractivity contribution in [3.63, 3.8) is 0 Å². The van der Waals surface area contributed by atoms with Gasteiger partial charge >= 0.3 is 0 Å². The SMILES string of the molecule is CCOc1nc(N2CCC3(CNC3)C2)ncc1C(=O)Nc1cc(F)c2nc(C)cn2c1. The van der Waals surface area contributed by atoms with E-state index in [1.165, 1.54) is 12.3 Å². The predicted octanol–water partition coefficient (Wildman–Crippen LogP) is 2.02. The highest BCUT2D eigenvalue weighted by atomic mass is 19.1. The Labute approximate surface area is 178 Å². The smallest absolute Gasteiger partial charge is 0.262 e. The first-order chi connectivity index (χ1) is 15.0. The monoisotopic (exact) mass is 425 g/mol. The van der Waals surface area contributed by atoms with Gasteiger partial charge in [0.1, 0.15) is 5.56 Å². The van der Waals surface area contributed by atoms with E-state index >= 15 is 0 Å². The van der Waals surface area contributed by atoms with Crippen molar-refractivity contribution in [3.8, 4) is 5.88 Å². The Balaban J connectivity index is 1.39. The minimum atomic E-state index is -0.518. The number of anilines is 2. The Kier molecular flexibility index (Phi) is 4.73. The second-order valence-electron chi connectivity index (χ2n) is 8.24. The van der Waals surface area contributed by atoms with E-state index in [-0.39, 0.29) is 17.1 Å². The summed E-state index contributed by atoms with van der Waals surface area (Å²) in [6, 6.07) is 1.24. The summed E-state index contributed by atoms with van der Waals surface area (Å²) in [4.78, 5) is 28.1. The summed E-state index contributed by atoms with van der Waals surface area (Å²) in [5.41, 5.74) is 1.71. The first-order valence-electron chi connectivity index (χ1n) is 10.4. The van der Waals surface area contributed by atoms with Crippen LogP contribution in [0.5, 0.6) is 5.88 Å². The van der Waals surface area contributed by atoms with Crippen molar-refractivity contribution in [2.45, 2.75) is 20.3 Å². The van der Waals surface area contributed by atoms with E-state index in [1.807, 2.05) is 6.92 Å². The fourth-order valence-electron chi connectivity index (χ4n) is 4.23. The van der Waals surface area contributed by atoms with E-state index in [2.05, 4.69) is 30.5 Å². The molecule has 0 saturated carbocycles. The third-order valence-electron chi connectivity index (χ3n) is 5.87. The Morgan fingerprint density at radius 3 is 2.90 bits per heavy atom. The van der Waals surface area contributed by atoms with Gasteiger partial charge < -0.3 is 24.7 Å². The van der Waals surface area contributed by atoms with Gasteiger partial charge in [0.25, 0.3) is 5.91 Å². The molecule has 10 heteroatoms. The molecule has 31 heavy (non-hydrogen) atoms. The number of pyridine rings is 1. The average molecular weight is 425 g/mol. The lowest BCUT2D eigenvalue weighted by Gasteiger charge is -2.38. The zero-order valence-electron chi connectivity index (χ0n) is 17.5. The van der Waals surface area contributed by atoms with Gasteiger partial charge in [0.05, 0.1) is 18.0 Å². The number of aryl methyl sites for hydroxylation is 1. The molecule has 2 aliphatic heterocycles. The lowest BCUT2D eigenvalue weighted by Crippen LogP contribution is -2.54. The summed E-state index contributed by atoms with van der Waals surface area (Å²) in [5, 5.41) is 6.04. The lowest BCUT2D eigenvalue weighted by molar-refractivity contribution is 0.102. The molecular formula is C21H24FN7O2. The van der Waals surface area contributed by atoms with Crippen LogP contribution in [-0.2, 0) is 0 Å². The molecule has 3 aromatic heterocycles. The molecule has 2 aliphatic rings. The minimum Gasteiger partial charge on any atom is -0.477 e. The number of fused-ring (bicyclic) bond motifs is 1. The van der Waals surface area contributed by atoms with Gasteiger partial charge in [-0.05, 0) is 20.3 Å². The van der Waals surface area contributed by atoms with Crippen LogP contribution in [0.2, 0.25) is 0 Å². The van der Waals surface area contributed by atoms with Crippen molar-refractivity contribution in [2.75, 3.05) is 43.0 Å². The molecule has 2 saturated heterocycles. The highest BCUT2D eigenvalue weighted by Gasteiger charge is 2.43. The first-order valence-corrected chi connectivity index (χ1v) is 10.4. The number of hydrogen-bond donors (Lipinski definition) is 2. The van der Waals surface area contributed by atoms with Gasteiger partial charge in [-0.25, -0.2) is 14.4 Å². The molecule has 0 radical (unpaired) electrons. The van der Waals surface area contributed by atoms with Gasteiger partial charge in [-0.2, -0.15) is 4.98 Å². The number of nitrogens with zero attached hydrogens (tertiary/aromatic N) is 5. The standard InChI is InChI=1S/C21H24FN7O2/c1-3-31-19-15(7-24-20(27-19)28-5-4-21(12-28)10-23-11-21)18(30)26-14-6-16(22)17-25-13(2)8-29(17)9-14/h6-9,23H,3-5,10-12H2,1-2H3,(H,26,30). The highest BCUT2D eigenvalue weighted by Crippen LogP contribution is 2.36. The number of ether oxygens (including phenoxy) is 1. The Morgan fingerprint density at radius 2 is 2.19 bits per heavy atom. The van der Waals surface area contributed by atoms with Crippen LogP contribution in [-0.4, -0.2) is 58.0 Å². The molecule has 0 unspecified atom stereocenters. The van der Waals surface area contributed by atoms with E-state index in [0.717, 1.165) is 32.6 Å². The number of nitrogens with one attached hydrogen (secondary N) is 2. The average Bonchev–Trinajstić information content (AvgIpc) is 3.32. The van der Waals surface area contributed by atoms with Crippen molar-refractivity contribution >= 4 is 23.2 Å². The molecule has 9 nitrogen and oxygen atoms in total. The van der Waals surface area contributed by atoms with Crippen LogP contribution in [0.25, 0.3) is 5.65 Å². The molecule has 2 N–H and O–H groups in total. The Bertz CT molecular complexity index is 1160. The van der Waals surface area contributed by atoms with Gasteiger partial charge in [-0.3, -0.25) is 4.79 Å². The van der Waals surface area contributed by atoms with Crippen molar-refractivity contribution < 1.29 is 13.9 Å². The molecular weight excluding hydrogens is 401 g/mol. The van der Waals surface area contributed by atoms with Crippen LogP contribution < -0.4 is 20.3 Å². The van der Waals surface area contributed by atoms with Gasteiger partial charge in [-0.1, -0.05) is 0 Å².